The lowest BCUT2D eigenvalue weighted by atomic mass is 10.2. The highest BCUT2D eigenvalue weighted by Crippen LogP contribution is 2.28. The van der Waals surface area contributed by atoms with Crippen LogP contribution in [0, 0.1) is 20.8 Å². The second-order valence-electron chi connectivity index (χ2n) is 9.51. The van der Waals surface area contributed by atoms with Crippen LogP contribution in [-0.4, -0.2) is 80.2 Å². The molecule has 0 spiro atoms. The molecule has 4 aromatic rings. The number of hydrogen-bond acceptors (Lipinski definition) is 11. The number of nitrogens with zero attached hydrogens (tertiary/aromatic N) is 5. The average Bonchev–Trinajstić information content (AvgIpc) is 3.42. The average molecular weight is 614 g/mol. The number of amides is 1. The number of benzene rings is 1. The molecule has 0 aliphatic carbocycles. The van der Waals surface area contributed by atoms with Crippen LogP contribution in [0.2, 0.25) is 5.02 Å². The standard InChI is InChI=1S/C22H26ClN7O2S.C5H6N2O2/c1-14-4-3-5-16(23)20(14)28-21(32)17-13-24-22(33-17)27-18-12-19(26-15(2)25-18)30-8-6-29(7-9-30)10-11-31;1-3-2-6-5(9)7-4(3)8/h3-5,12-13,31H,6-11H2,1-2H3,(H,28,32)(H,24,25,26,27);2H,1H3,(H2,6,7,8,9). The summed E-state index contributed by atoms with van der Waals surface area (Å²) in [7, 11) is 0. The zero-order valence-corrected chi connectivity index (χ0v) is 25.0. The van der Waals surface area contributed by atoms with E-state index in [2.05, 4.69) is 45.4 Å². The molecule has 1 aliphatic rings. The van der Waals surface area contributed by atoms with E-state index in [1.807, 2.05) is 32.0 Å². The van der Waals surface area contributed by atoms with Gasteiger partial charge in [0, 0.05) is 50.6 Å². The fourth-order valence-electron chi connectivity index (χ4n) is 4.11. The Hall–Kier alpha value is -4.11. The fourth-order valence-corrected chi connectivity index (χ4v) is 5.10. The Labute approximate surface area is 250 Å². The maximum atomic E-state index is 12.7. The lowest BCUT2D eigenvalue weighted by Gasteiger charge is -2.35. The van der Waals surface area contributed by atoms with Gasteiger partial charge in [0.25, 0.3) is 11.5 Å². The van der Waals surface area contributed by atoms with Crippen molar-refractivity contribution in [3.05, 3.63) is 84.3 Å². The van der Waals surface area contributed by atoms with Crippen LogP contribution >= 0.6 is 22.9 Å². The molecule has 15 heteroatoms. The number of para-hydroxylation sites is 1. The van der Waals surface area contributed by atoms with Gasteiger partial charge < -0.3 is 25.6 Å². The number of thiazole rings is 1. The molecular formula is C27H32ClN9O4S. The van der Waals surface area contributed by atoms with Gasteiger partial charge in [-0.2, -0.15) is 0 Å². The van der Waals surface area contributed by atoms with Crippen LogP contribution in [0.3, 0.4) is 0 Å². The van der Waals surface area contributed by atoms with Gasteiger partial charge in [0.05, 0.1) is 23.5 Å². The van der Waals surface area contributed by atoms with E-state index in [9.17, 15) is 14.4 Å². The molecule has 1 aromatic carbocycles. The van der Waals surface area contributed by atoms with Crippen LogP contribution < -0.4 is 26.8 Å². The smallest absolute Gasteiger partial charge is 0.325 e. The van der Waals surface area contributed by atoms with E-state index in [4.69, 9.17) is 16.7 Å². The molecule has 1 aliphatic heterocycles. The number of rotatable bonds is 7. The van der Waals surface area contributed by atoms with Crippen LogP contribution in [0.15, 0.2) is 46.2 Å². The molecule has 0 unspecified atom stereocenters. The van der Waals surface area contributed by atoms with Crippen molar-refractivity contribution in [2.45, 2.75) is 20.8 Å². The minimum Gasteiger partial charge on any atom is -0.395 e. The highest BCUT2D eigenvalue weighted by atomic mass is 35.5. The predicted molar refractivity (Wildman–Crippen MR) is 164 cm³/mol. The van der Waals surface area contributed by atoms with Gasteiger partial charge >= 0.3 is 5.69 Å². The summed E-state index contributed by atoms with van der Waals surface area (Å²) >= 11 is 7.46. The molecule has 1 fully saturated rings. The number of aliphatic hydroxyl groups is 1. The third-order valence-corrected chi connectivity index (χ3v) is 7.59. The van der Waals surface area contributed by atoms with Gasteiger partial charge in [0.1, 0.15) is 22.3 Å². The Morgan fingerprint density at radius 3 is 2.55 bits per heavy atom. The Bertz CT molecular complexity index is 1630. The molecule has 4 heterocycles. The third-order valence-electron chi connectivity index (χ3n) is 6.37. The van der Waals surface area contributed by atoms with Gasteiger partial charge in [-0.15, -0.1) is 0 Å². The second kappa shape index (κ2) is 14.2. The molecule has 5 N–H and O–H groups in total. The number of β-amino-alcohol motifs (C(OH)–C–C–N with tert-alkyl or cyclic N) is 1. The van der Waals surface area contributed by atoms with Gasteiger partial charge in [-0.3, -0.25) is 19.5 Å². The molecular weight excluding hydrogens is 582 g/mol. The van der Waals surface area contributed by atoms with Crippen LogP contribution in [0.5, 0.6) is 0 Å². The molecule has 5 rings (SSSR count). The number of aromatic nitrogens is 5. The number of anilines is 4. The molecule has 1 saturated heterocycles. The number of H-pyrrole nitrogens is 2. The summed E-state index contributed by atoms with van der Waals surface area (Å²) in [6, 6.07) is 7.37. The van der Waals surface area contributed by atoms with E-state index in [1.54, 1.807) is 13.0 Å². The Morgan fingerprint density at radius 1 is 1.12 bits per heavy atom. The van der Waals surface area contributed by atoms with E-state index < -0.39 is 5.69 Å². The van der Waals surface area contributed by atoms with E-state index in [0.717, 1.165) is 37.6 Å². The van der Waals surface area contributed by atoms with E-state index in [-0.39, 0.29) is 18.1 Å². The van der Waals surface area contributed by atoms with Gasteiger partial charge in [-0.25, -0.2) is 19.7 Å². The van der Waals surface area contributed by atoms with Crippen molar-refractivity contribution in [3.63, 3.8) is 0 Å². The summed E-state index contributed by atoms with van der Waals surface area (Å²) in [4.78, 5) is 56.3. The van der Waals surface area contributed by atoms with Crippen LogP contribution in [0.25, 0.3) is 0 Å². The summed E-state index contributed by atoms with van der Waals surface area (Å²) in [6.07, 6.45) is 2.91. The Morgan fingerprint density at radius 2 is 1.88 bits per heavy atom. The number of carbonyl (C=O) groups excluding carboxylic acids is 1. The number of aryl methyl sites for hydroxylation is 3. The number of piperazine rings is 1. The maximum absolute atomic E-state index is 12.7. The van der Waals surface area contributed by atoms with Crippen LogP contribution in [0.1, 0.15) is 26.6 Å². The largest absolute Gasteiger partial charge is 0.395 e. The number of hydrogen-bond donors (Lipinski definition) is 5. The quantitative estimate of drug-likeness (QED) is 0.209. The van der Waals surface area contributed by atoms with Gasteiger partial charge in [0.2, 0.25) is 0 Å². The highest BCUT2D eigenvalue weighted by molar-refractivity contribution is 7.17. The van der Waals surface area contributed by atoms with Gasteiger partial charge in [0.15, 0.2) is 5.13 Å². The first kappa shape index (κ1) is 30.8. The van der Waals surface area contributed by atoms with Crippen molar-refractivity contribution in [1.29, 1.82) is 0 Å². The predicted octanol–water partition coefficient (Wildman–Crippen LogP) is 2.69. The lowest BCUT2D eigenvalue weighted by Crippen LogP contribution is -2.47. The zero-order chi connectivity index (χ0) is 30.2. The number of aromatic amines is 2. The Kier molecular flexibility index (Phi) is 10.4. The summed E-state index contributed by atoms with van der Waals surface area (Å²) in [5.41, 5.74) is 1.20. The summed E-state index contributed by atoms with van der Waals surface area (Å²) in [5, 5.41) is 16.2. The van der Waals surface area contributed by atoms with Gasteiger partial charge in [-0.1, -0.05) is 35.1 Å². The molecule has 1 amide bonds. The van der Waals surface area contributed by atoms with E-state index >= 15 is 0 Å². The summed E-state index contributed by atoms with van der Waals surface area (Å²) in [6.45, 7) is 9.65. The van der Waals surface area contributed by atoms with Crippen molar-refractivity contribution in [2.24, 2.45) is 0 Å². The summed E-state index contributed by atoms with van der Waals surface area (Å²) in [5.74, 6) is 1.85. The number of carbonyl (C=O) groups is 1. The van der Waals surface area contributed by atoms with Crippen molar-refractivity contribution < 1.29 is 9.90 Å². The van der Waals surface area contributed by atoms with Crippen LogP contribution in [0.4, 0.5) is 22.5 Å². The lowest BCUT2D eigenvalue weighted by molar-refractivity contribution is 0.103. The zero-order valence-electron chi connectivity index (χ0n) is 23.4. The van der Waals surface area contributed by atoms with Crippen molar-refractivity contribution >= 4 is 51.3 Å². The van der Waals surface area contributed by atoms with E-state index in [1.165, 1.54) is 23.7 Å². The van der Waals surface area contributed by atoms with E-state index in [0.29, 0.717) is 44.5 Å². The normalized spacial score (nSPS) is 13.3. The summed E-state index contributed by atoms with van der Waals surface area (Å²) < 4.78 is 0. The number of nitrogens with one attached hydrogen (secondary N) is 4. The topological polar surface area (TPSA) is 172 Å². The van der Waals surface area contributed by atoms with Crippen LogP contribution in [-0.2, 0) is 0 Å². The highest BCUT2D eigenvalue weighted by Gasteiger charge is 2.19. The number of aliphatic hydroxyl groups excluding tert-OH is 1. The third kappa shape index (κ3) is 8.22. The molecule has 0 atom stereocenters. The van der Waals surface area contributed by atoms with Crippen molar-refractivity contribution in [1.82, 2.24) is 29.8 Å². The fraction of sp³-hybridized carbons (Fsp3) is 0.333. The van der Waals surface area contributed by atoms with Gasteiger partial charge in [-0.05, 0) is 32.4 Å². The molecule has 0 bridgehead atoms. The first-order valence-corrected chi connectivity index (χ1v) is 14.3. The first-order valence-electron chi connectivity index (χ1n) is 13.1. The monoisotopic (exact) mass is 613 g/mol. The van der Waals surface area contributed by atoms with Crippen molar-refractivity contribution in [3.8, 4) is 0 Å². The minimum absolute atomic E-state index is 0.173. The Balaban J connectivity index is 0.000000385. The second-order valence-corrected chi connectivity index (χ2v) is 10.9. The van der Waals surface area contributed by atoms with Crippen molar-refractivity contribution in [2.75, 3.05) is 54.9 Å². The molecule has 42 heavy (non-hydrogen) atoms. The molecule has 3 aromatic heterocycles. The SMILES string of the molecule is Cc1c[nH]c(=O)[nH]c1=O.Cc1nc(Nc2ncc(C(=O)Nc3c(C)cccc3Cl)s2)cc(N2CCN(CCO)CC2)n1. The maximum Gasteiger partial charge on any atom is 0.325 e. The first-order chi connectivity index (χ1) is 20.1. The minimum atomic E-state index is -0.467. The molecule has 222 valence electrons. The molecule has 0 saturated carbocycles. The number of halogens is 1. The molecule has 0 radical (unpaired) electrons. The molecule has 13 nitrogen and oxygen atoms in total.